The molecule has 0 unspecified atom stereocenters. The van der Waals surface area contributed by atoms with Crippen molar-refractivity contribution in [2.45, 2.75) is 0 Å². The largest absolute Gasteiger partial charge is 0.460 e. The van der Waals surface area contributed by atoms with E-state index < -0.39 is 5.97 Å². The zero-order valence-electron chi connectivity index (χ0n) is 6.71. The molecule has 0 aromatic heterocycles. The Kier molecular flexibility index (Phi) is 5.64. The highest BCUT2D eigenvalue weighted by molar-refractivity contribution is 5.82. The monoisotopic (exact) mass is 172 g/mol. The van der Waals surface area contributed by atoms with E-state index in [0.29, 0.717) is 0 Å². The van der Waals surface area contributed by atoms with E-state index in [1.165, 1.54) is 6.08 Å². The van der Waals surface area contributed by atoms with Crippen LogP contribution in [0.15, 0.2) is 12.7 Å². The van der Waals surface area contributed by atoms with Crippen LogP contribution in [0.5, 0.6) is 0 Å². The molecular weight excluding hydrogens is 160 g/mol. The highest BCUT2D eigenvalue weighted by Crippen LogP contribution is 1.76. The number of carbonyl (C=O) groups is 2. The van der Waals surface area contributed by atoms with Gasteiger partial charge in [0.25, 0.3) is 0 Å². The SMILES string of the molecule is C=CCOC(=O)CNC(=O)CN. The van der Waals surface area contributed by atoms with Crippen molar-refractivity contribution in [2.24, 2.45) is 5.73 Å². The molecule has 0 heterocycles. The van der Waals surface area contributed by atoms with Gasteiger partial charge in [0.15, 0.2) is 0 Å². The van der Waals surface area contributed by atoms with Gasteiger partial charge in [0, 0.05) is 0 Å². The lowest BCUT2D eigenvalue weighted by molar-refractivity contribution is -0.142. The number of rotatable bonds is 5. The summed E-state index contributed by atoms with van der Waals surface area (Å²) in [5.74, 6) is -0.887. The summed E-state index contributed by atoms with van der Waals surface area (Å²) in [6.45, 7) is 3.23. The van der Waals surface area contributed by atoms with Crippen LogP contribution in [-0.4, -0.2) is 31.6 Å². The van der Waals surface area contributed by atoms with Gasteiger partial charge in [-0.2, -0.15) is 0 Å². The van der Waals surface area contributed by atoms with E-state index in [0.717, 1.165) is 0 Å². The molecule has 0 aromatic carbocycles. The second kappa shape index (κ2) is 6.36. The number of hydrogen-bond donors (Lipinski definition) is 2. The molecule has 0 saturated heterocycles. The van der Waals surface area contributed by atoms with Gasteiger partial charge in [-0.15, -0.1) is 0 Å². The first-order valence-corrected chi connectivity index (χ1v) is 3.44. The van der Waals surface area contributed by atoms with Crippen molar-refractivity contribution in [1.82, 2.24) is 5.32 Å². The standard InChI is InChI=1S/C7H12N2O3/c1-2-3-12-7(11)5-9-6(10)4-8/h2H,1,3-5,8H2,(H,9,10). The van der Waals surface area contributed by atoms with Gasteiger partial charge in [-0.05, 0) is 0 Å². The quantitative estimate of drug-likeness (QED) is 0.403. The molecule has 0 fully saturated rings. The van der Waals surface area contributed by atoms with Crippen molar-refractivity contribution in [3.8, 4) is 0 Å². The highest BCUT2D eigenvalue weighted by Gasteiger charge is 2.02. The molecule has 0 saturated carbocycles. The van der Waals surface area contributed by atoms with Crippen molar-refractivity contribution >= 4 is 11.9 Å². The zero-order chi connectivity index (χ0) is 9.40. The third-order valence-electron chi connectivity index (χ3n) is 0.977. The lowest BCUT2D eigenvalue weighted by Crippen LogP contribution is -2.35. The van der Waals surface area contributed by atoms with Crippen LogP contribution in [0.2, 0.25) is 0 Å². The van der Waals surface area contributed by atoms with Crippen LogP contribution in [0, 0.1) is 0 Å². The molecule has 0 aliphatic heterocycles. The van der Waals surface area contributed by atoms with Crippen LogP contribution in [0.25, 0.3) is 0 Å². The lowest BCUT2D eigenvalue weighted by atomic mass is 10.5. The molecule has 0 spiro atoms. The molecule has 0 aliphatic rings. The topological polar surface area (TPSA) is 81.4 Å². The van der Waals surface area contributed by atoms with E-state index in [1.807, 2.05) is 0 Å². The van der Waals surface area contributed by atoms with E-state index >= 15 is 0 Å². The summed E-state index contributed by atoms with van der Waals surface area (Å²) in [6.07, 6.45) is 1.45. The maximum absolute atomic E-state index is 10.7. The Hall–Kier alpha value is -1.36. The van der Waals surface area contributed by atoms with Gasteiger partial charge >= 0.3 is 5.97 Å². The van der Waals surface area contributed by atoms with Crippen molar-refractivity contribution in [2.75, 3.05) is 19.7 Å². The smallest absolute Gasteiger partial charge is 0.325 e. The zero-order valence-corrected chi connectivity index (χ0v) is 6.71. The Bertz CT molecular complexity index is 179. The highest BCUT2D eigenvalue weighted by atomic mass is 16.5. The number of carbonyl (C=O) groups excluding carboxylic acids is 2. The number of esters is 1. The van der Waals surface area contributed by atoms with Gasteiger partial charge in [0.2, 0.25) is 5.91 Å². The maximum Gasteiger partial charge on any atom is 0.325 e. The first-order valence-electron chi connectivity index (χ1n) is 3.44. The molecule has 0 aliphatic carbocycles. The second-order valence-electron chi connectivity index (χ2n) is 1.95. The minimum Gasteiger partial charge on any atom is -0.460 e. The van der Waals surface area contributed by atoms with E-state index in [9.17, 15) is 9.59 Å². The minimum absolute atomic E-state index is 0.130. The molecule has 1 amide bonds. The van der Waals surface area contributed by atoms with E-state index in [4.69, 9.17) is 5.73 Å². The molecule has 68 valence electrons. The Morgan fingerprint density at radius 3 is 2.75 bits per heavy atom. The van der Waals surface area contributed by atoms with Crippen molar-refractivity contribution in [3.05, 3.63) is 12.7 Å². The van der Waals surface area contributed by atoms with Crippen LogP contribution in [0.3, 0.4) is 0 Å². The van der Waals surface area contributed by atoms with E-state index in [2.05, 4.69) is 16.6 Å². The average Bonchev–Trinajstić information content (AvgIpc) is 2.10. The first kappa shape index (κ1) is 10.6. The summed E-state index contributed by atoms with van der Waals surface area (Å²) >= 11 is 0. The number of hydrogen-bond acceptors (Lipinski definition) is 4. The predicted octanol–water partition coefficient (Wildman–Crippen LogP) is -1.21. The Morgan fingerprint density at radius 2 is 2.25 bits per heavy atom. The Morgan fingerprint density at radius 1 is 1.58 bits per heavy atom. The van der Waals surface area contributed by atoms with Crippen LogP contribution < -0.4 is 11.1 Å². The second-order valence-corrected chi connectivity index (χ2v) is 1.95. The molecule has 12 heavy (non-hydrogen) atoms. The van der Waals surface area contributed by atoms with E-state index in [1.54, 1.807) is 0 Å². The molecular formula is C7H12N2O3. The summed E-state index contributed by atoms with van der Waals surface area (Å²) < 4.78 is 4.57. The van der Waals surface area contributed by atoms with Crippen LogP contribution in [0.1, 0.15) is 0 Å². The summed E-state index contributed by atoms with van der Waals surface area (Å²) in [7, 11) is 0. The third kappa shape index (κ3) is 5.43. The van der Waals surface area contributed by atoms with Crippen LogP contribution >= 0.6 is 0 Å². The van der Waals surface area contributed by atoms with Crippen LogP contribution in [-0.2, 0) is 14.3 Å². The van der Waals surface area contributed by atoms with Crippen LogP contribution in [0.4, 0.5) is 0 Å². The Labute approximate surface area is 70.6 Å². The molecule has 3 N–H and O–H groups in total. The summed E-state index contributed by atoms with van der Waals surface area (Å²) in [6, 6.07) is 0. The minimum atomic E-state index is -0.503. The number of ether oxygens (including phenoxy) is 1. The molecule has 0 atom stereocenters. The summed E-state index contributed by atoms with van der Waals surface area (Å²) in [4.78, 5) is 21.2. The molecule has 0 radical (unpaired) electrons. The van der Waals surface area contributed by atoms with Gasteiger partial charge in [-0.3, -0.25) is 9.59 Å². The number of nitrogens with two attached hydrogens (primary N) is 1. The van der Waals surface area contributed by atoms with Crippen molar-refractivity contribution in [3.63, 3.8) is 0 Å². The molecule has 5 nitrogen and oxygen atoms in total. The molecule has 0 aromatic rings. The van der Waals surface area contributed by atoms with Gasteiger partial charge < -0.3 is 15.8 Å². The van der Waals surface area contributed by atoms with Gasteiger partial charge in [-0.25, -0.2) is 0 Å². The first-order chi connectivity index (χ1) is 5.70. The predicted molar refractivity (Wildman–Crippen MR) is 43.2 cm³/mol. The average molecular weight is 172 g/mol. The number of amides is 1. The molecule has 5 heteroatoms. The van der Waals surface area contributed by atoms with Gasteiger partial charge in [0.1, 0.15) is 13.2 Å². The normalized spacial score (nSPS) is 8.75. The van der Waals surface area contributed by atoms with Crippen molar-refractivity contribution < 1.29 is 14.3 Å². The van der Waals surface area contributed by atoms with Gasteiger partial charge in [0.05, 0.1) is 6.54 Å². The van der Waals surface area contributed by atoms with Gasteiger partial charge in [-0.1, -0.05) is 12.7 Å². The fraction of sp³-hybridized carbons (Fsp3) is 0.429. The fourth-order valence-electron chi connectivity index (χ4n) is 0.446. The number of nitrogens with one attached hydrogen (secondary N) is 1. The Balaban J connectivity index is 3.43. The van der Waals surface area contributed by atoms with E-state index in [-0.39, 0.29) is 25.6 Å². The summed E-state index contributed by atoms with van der Waals surface area (Å²) in [5.41, 5.74) is 4.98. The third-order valence-corrected chi connectivity index (χ3v) is 0.977. The van der Waals surface area contributed by atoms with Crippen molar-refractivity contribution in [1.29, 1.82) is 0 Å². The lowest BCUT2D eigenvalue weighted by Gasteiger charge is -2.02. The molecule has 0 bridgehead atoms. The fourth-order valence-corrected chi connectivity index (χ4v) is 0.446. The molecule has 0 rings (SSSR count). The summed E-state index contributed by atoms with van der Waals surface area (Å²) in [5, 5.41) is 2.27. The maximum atomic E-state index is 10.7.